The fourth-order valence-electron chi connectivity index (χ4n) is 1.06. The van der Waals surface area contributed by atoms with Gasteiger partial charge in [-0.2, -0.15) is 5.26 Å². The van der Waals surface area contributed by atoms with E-state index < -0.39 is 0 Å². The van der Waals surface area contributed by atoms with Gasteiger partial charge in [0.25, 0.3) is 0 Å². The molecule has 1 aromatic rings. The van der Waals surface area contributed by atoms with E-state index in [2.05, 4.69) is 6.07 Å². The zero-order chi connectivity index (χ0) is 9.68. The highest BCUT2D eigenvalue weighted by Crippen LogP contribution is 2.14. The molecular weight excluding hydrogens is 165 g/mol. The van der Waals surface area contributed by atoms with Gasteiger partial charge in [0.2, 0.25) is 0 Å². The molecule has 0 aromatic heterocycles. The van der Waals surface area contributed by atoms with E-state index in [9.17, 15) is 4.39 Å². The normalized spacial score (nSPS) is 11.0. The molecule has 1 aromatic carbocycles. The molecule has 0 heterocycles. The fraction of sp³-hybridized carbons (Fsp3) is 0.182. The molecule has 1 rings (SSSR count). The quantitative estimate of drug-likeness (QED) is 0.633. The molecule has 66 valence electrons. The predicted molar refractivity (Wildman–Crippen MR) is 50.3 cm³/mol. The average molecular weight is 175 g/mol. The lowest BCUT2D eigenvalue weighted by atomic mass is 10.1. The number of hydrogen-bond donors (Lipinski definition) is 0. The molecule has 0 saturated heterocycles. The highest BCUT2D eigenvalue weighted by Gasteiger charge is 1.98. The second kappa shape index (κ2) is 4.42. The molecule has 0 aliphatic rings. The zero-order valence-corrected chi connectivity index (χ0v) is 7.42. The molecule has 0 atom stereocenters. The smallest absolute Gasteiger partial charge is 0.123 e. The van der Waals surface area contributed by atoms with Crippen molar-refractivity contribution in [3.05, 3.63) is 41.7 Å². The lowest BCUT2D eigenvalue weighted by Gasteiger charge is -1.97. The van der Waals surface area contributed by atoms with Crippen LogP contribution in [0.2, 0.25) is 0 Å². The van der Waals surface area contributed by atoms with Crippen molar-refractivity contribution in [1.29, 1.82) is 5.26 Å². The van der Waals surface area contributed by atoms with Crippen LogP contribution in [-0.2, 0) is 0 Å². The molecule has 0 saturated carbocycles. The first-order chi connectivity index (χ1) is 6.27. The summed E-state index contributed by atoms with van der Waals surface area (Å²) in [5.74, 6) is -0.280. The van der Waals surface area contributed by atoms with Gasteiger partial charge in [-0.3, -0.25) is 0 Å². The van der Waals surface area contributed by atoms with Crippen molar-refractivity contribution in [2.45, 2.75) is 13.3 Å². The summed E-state index contributed by atoms with van der Waals surface area (Å²) in [6, 6.07) is 8.01. The molecule has 2 heteroatoms. The Hall–Kier alpha value is -1.62. The largest absolute Gasteiger partial charge is 0.207 e. The maximum atomic E-state index is 12.5. The summed E-state index contributed by atoms with van der Waals surface area (Å²) in [6.45, 7) is 1.96. The fourth-order valence-corrected chi connectivity index (χ4v) is 1.06. The molecule has 0 fully saturated rings. The Morgan fingerprint density at radius 1 is 1.46 bits per heavy atom. The molecule has 1 nitrogen and oxygen atoms in total. The van der Waals surface area contributed by atoms with Gasteiger partial charge in [0.1, 0.15) is 5.82 Å². The first kappa shape index (κ1) is 9.47. The lowest BCUT2D eigenvalue weighted by Crippen LogP contribution is -1.81. The molecule has 0 radical (unpaired) electrons. The van der Waals surface area contributed by atoms with Gasteiger partial charge in [-0.1, -0.05) is 25.1 Å². The third-order valence-corrected chi connectivity index (χ3v) is 1.68. The molecular formula is C11H10FN. The van der Waals surface area contributed by atoms with Gasteiger partial charge >= 0.3 is 0 Å². The summed E-state index contributed by atoms with van der Waals surface area (Å²) < 4.78 is 12.5. The van der Waals surface area contributed by atoms with Gasteiger partial charge in [-0.05, 0) is 24.1 Å². The molecule has 0 N–H and O–H groups in total. The number of nitrogens with zero attached hydrogens (tertiary/aromatic N) is 1. The van der Waals surface area contributed by atoms with Crippen LogP contribution < -0.4 is 0 Å². The summed E-state index contributed by atoms with van der Waals surface area (Å²) in [6.07, 6.45) is 2.63. The minimum absolute atomic E-state index is 0.280. The minimum atomic E-state index is -0.280. The number of benzene rings is 1. The van der Waals surface area contributed by atoms with Crippen molar-refractivity contribution in [2.24, 2.45) is 0 Å². The van der Waals surface area contributed by atoms with Crippen molar-refractivity contribution < 1.29 is 4.39 Å². The molecule has 0 amide bonds. The lowest BCUT2D eigenvalue weighted by molar-refractivity contribution is 0.627. The Labute approximate surface area is 77.1 Å². The standard InChI is InChI=1S/C11H10FN/c1-2-3-10(8-13)9-4-6-11(12)7-5-9/h3-7H,2H2,1H3/b10-3-. The van der Waals surface area contributed by atoms with Crippen LogP contribution in [0.5, 0.6) is 0 Å². The first-order valence-electron chi connectivity index (χ1n) is 4.14. The summed E-state index contributed by atoms with van der Waals surface area (Å²) in [4.78, 5) is 0. The van der Waals surface area contributed by atoms with Crippen LogP contribution in [0.15, 0.2) is 30.3 Å². The van der Waals surface area contributed by atoms with Crippen molar-refractivity contribution in [1.82, 2.24) is 0 Å². The number of rotatable bonds is 2. The van der Waals surface area contributed by atoms with Crippen LogP contribution in [-0.4, -0.2) is 0 Å². The van der Waals surface area contributed by atoms with Gasteiger partial charge < -0.3 is 0 Å². The molecule has 0 bridgehead atoms. The van der Waals surface area contributed by atoms with Crippen molar-refractivity contribution in [2.75, 3.05) is 0 Å². The Morgan fingerprint density at radius 2 is 2.08 bits per heavy atom. The van der Waals surface area contributed by atoms with Crippen molar-refractivity contribution in [3.8, 4) is 6.07 Å². The third kappa shape index (κ3) is 2.41. The Bertz CT molecular complexity index is 343. The van der Waals surface area contributed by atoms with Crippen molar-refractivity contribution in [3.63, 3.8) is 0 Å². The maximum absolute atomic E-state index is 12.5. The van der Waals surface area contributed by atoms with E-state index in [0.29, 0.717) is 5.57 Å². The highest BCUT2D eigenvalue weighted by molar-refractivity contribution is 5.76. The molecule has 0 spiro atoms. The zero-order valence-electron chi connectivity index (χ0n) is 7.42. The van der Waals surface area contributed by atoms with Crippen molar-refractivity contribution >= 4 is 5.57 Å². The van der Waals surface area contributed by atoms with E-state index in [4.69, 9.17) is 5.26 Å². The third-order valence-electron chi connectivity index (χ3n) is 1.68. The molecule has 0 unspecified atom stereocenters. The van der Waals surface area contributed by atoms with Gasteiger partial charge in [-0.15, -0.1) is 0 Å². The molecule has 13 heavy (non-hydrogen) atoms. The van der Waals surface area contributed by atoms with Gasteiger partial charge in [0.05, 0.1) is 11.6 Å². The molecule has 0 aliphatic heterocycles. The summed E-state index contributed by atoms with van der Waals surface area (Å²) in [5, 5.41) is 8.77. The van der Waals surface area contributed by atoms with Crippen LogP contribution in [0, 0.1) is 17.1 Å². The van der Waals surface area contributed by atoms with E-state index in [0.717, 1.165) is 12.0 Å². The summed E-state index contributed by atoms with van der Waals surface area (Å²) >= 11 is 0. The minimum Gasteiger partial charge on any atom is -0.207 e. The van der Waals surface area contributed by atoms with Crippen LogP contribution in [0.4, 0.5) is 4.39 Å². The summed E-state index contributed by atoms with van der Waals surface area (Å²) in [7, 11) is 0. The van der Waals surface area contributed by atoms with E-state index >= 15 is 0 Å². The summed E-state index contributed by atoms with van der Waals surface area (Å²) in [5.41, 5.74) is 1.37. The van der Waals surface area contributed by atoms with Gasteiger partial charge in [0, 0.05) is 0 Å². The van der Waals surface area contributed by atoms with E-state index in [1.165, 1.54) is 12.1 Å². The maximum Gasteiger partial charge on any atom is 0.123 e. The van der Waals surface area contributed by atoms with Gasteiger partial charge in [-0.25, -0.2) is 4.39 Å². The van der Waals surface area contributed by atoms with E-state index in [1.54, 1.807) is 12.1 Å². The first-order valence-corrected chi connectivity index (χ1v) is 4.14. The van der Waals surface area contributed by atoms with Crippen LogP contribution in [0.1, 0.15) is 18.9 Å². The Morgan fingerprint density at radius 3 is 2.54 bits per heavy atom. The number of halogens is 1. The van der Waals surface area contributed by atoms with E-state index in [1.807, 2.05) is 13.0 Å². The van der Waals surface area contributed by atoms with Crippen LogP contribution in [0.3, 0.4) is 0 Å². The van der Waals surface area contributed by atoms with Gasteiger partial charge in [0.15, 0.2) is 0 Å². The molecule has 0 aliphatic carbocycles. The van der Waals surface area contributed by atoms with Crippen LogP contribution in [0.25, 0.3) is 5.57 Å². The second-order valence-electron chi connectivity index (χ2n) is 2.64. The number of hydrogen-bond acceptors (Lipinski definition) is 1. The van der Waals surface area contributed by atoms with E-state index in [-0.39, 0.29) is 5.82 Å². The number of nitriles is 1. The second-order valence-corrected chi connectivity index (χ2v) is 2.64. The topological polar surface area (TPSA) is 23.8 Å². The Kier molecular flexibility index (Phi) is 3.22. The average Bonchev–Trinajstić information content (AvgIpc) is 2.16. The predicted octanol–water partition coefficient (Wildman–Crippen LogP) is 3.14. The van der Waals surface area contributed by atoms with Crippen LogP contribution >= 0.6 is 0 Å². The highest BCUT2D eigenvalue weighted by atomic mass is 19.1. The SMILES string of the molecule is CC/C=C(/C#N)c1ccc(F)cc1. The number of allylic oxidation sites excluding steroid dienone is 2. The monoisotopic (exact) mass is 175 g/mol. The Balaban J connectivity index is 3.01.